The summed E-state index contributed by atoms with van der Waals surface area (Å²) in [5.41, 5.74) is 0.970. The summed E-state index contributed by atoms with van der Waals surface area (Å²) in [5, 5.41) is 9.34. The molecule has 0 atom stereocenters. The van der Waals surface area contributed by atoms with Crippen molar-refractivity contribution in [3.63, 3.8) is 0 Å². The molecule has 1 nitrogen and oxygen atoms in total. The topological polar surface area (TPSA) is 20.2 Å². The van der Waals surface area contributed by atoms with Crippen molar-refractivity contribution in [3.8, 4) is 0 Å². The van der Waals surface area contributed by atoms with Gasteiger partial charge < -0.3 is 5.11 Å². The number of allylic oxidation sites excluding steroid dienone is 4. The zero-order chi connectivity index (χ0) is 8.10. The molecule has 0 saturated carbocycles. The lowest BCUT2D eigenvalue weighted by Crippen LogP contribution is -1.90. The van der Waals surface area contributed by atoms with Crippen molar-refractivity contribution < 1.29 is 5.11 Å². The number of hydrogen-bond donors (Lipinski definition) is 1. The predicted octanol–water partition coefficient (Wildman–Crippen LogP) is 3.11. The molecular formula is C10H14O. The molecule has 0 spiro atoms. The molecular weight excluding hydrogens is 136 g/mol. The van der Waals surface area contributed by atoms with Crippen LogP contribution in [0.25, 0.3) is 0 Å². The summed E-state index contributed by atoms with van der Waals surface area (Å²) >= 11 is 0. The van der Waals surface area contributed by atoms with E-state index in [-0.39, 0.29) is 0 Å². The van der Waals surface area contributed by atoms with Crippen molar-refractivity contribution in [1.82, 2.24) is 0 Å². The van der Waals surface area contributed by atoms with Gasteiger partial charge in [-0.2, -0.15) is 0 Å². The normalized spacial score (nSPS) is 18.3. The van der Waals surface area contributed by atoms with Gasteiger partial charge in [0.15, 0.2) is 0 Å². The van der Waals surface area contributed by atoms with Crippen molar-refractivity contribution in [2.24, 2.45) is 0 Å². The molecule has 1 rings (SSSR count). The molecule has 0 aromatic heterocycles. The van der Waals surface area contributed by atoms with E-state index in [4.69, 9.17) is 0 Å². The lowest BCUT2D eigenvalue weighted by atomic mass is 10.0. The highest BCUT2D eigenvalue weighted by atomic mass is 16.3. The monoisotopic (exact) mass is 150 g/mol. The molecule has 0 aliphatic heterocycles. The minimum atomic E-state index is 0.431. The average molecular weight is 150 g/mol. The summed E-state index contributed by atoms with van der Waals surface area (Å²) < 4.78 is 0. The second kappa shape index (κ2) is 4.02. The van der Waals surface area contributed by atoms with Crippen molar-refractivity contribution in [2.45, 2.75) is 26.2 Å². The lowest BCUT2D eigenvalue weighted by molar-refractivity contribution is 0.420. The van der Waals surface area contributed by atoms with Crippen LogP contribution in [0.1, 0.15) is 26.2 Å². The van der Waals surface area contributed by atoms with Crippen LogP contribution in [-0.2, 0) is 0 Å². The Labute approximate surface area is 67.7 Å². The fourth-order valence-electron chi connectivity index (χ4n) is 1.08. The van der Waals surface area contributed by atoms with Crippen LogP contribution in [0.15, 0.2) is 35.6 Å². The van der Waals surface area contributed by atoms with Crippen molar-refractivity contribution in [2.75, 3.05) is 0 Å². The summed E-state index contributed by atoms with van der Waals surface area (Å²) in [6.07, 6.45) is 11.0. The first-order valence-corrected chi connectivity index (χ1v) is 4.10. The van der Waals surface area contributed by atoms with Crippen molar-refractivity contribution in [3.05, 3.63) is 35.6 Å². The van der Waals surface area contributed by atoms with Crippen LogP contribution in [0, 0.1) is 0 Å². The summed E-state index contributed by atoms with van der Waals surface area (Å²) in [4.78, 5) is 0. The van der Waals surface area contributed by atoms with E-state index in [1.165, 1.54) is 0 Å². The Kier molecular flexibility index (Phi) is 2.96. The molecule has 0 aromatic rings. The zero-order valence-corrected chi connectivity index (χ0v) is 6.88. The molecule has 11 heavy (non-hydrogen) atoms. The SMILES string of the molecule is CC/C=C/C1=CCCC=C1O. The first kappa shape index (κ1) is 8.12. The van der Waals surface area contributed by atoms with Gasteiger partial charge in [0.1, 0.15) is 5.76 Å². The van der Waals surface area contributed by atoms with E-state index >= 15 is 0 Å². The van der Waals surface area contributed by atoms with E-state index in [1.54, 1.807) is 0 Å². The summed E-state index contributed by atoms with van der Waals surface area (Å²) in [5.74, 6) is 0.431. The van der Waals surface area contributed by atoms with Crippen LogP contribution < -0.4 is 0 Å². The molecule has 0 radical (unpaired) electrons. The van der Waals surface area contributed by atoms with Crippen LogP contribution in [0.5, 0.6) is 0 Å². The number of hydrogen-bond acceptors (Lipinski definition) is 1. The third-order valence-electron chi connectivity index (χ3n) is 1.70. The fraction of sp³-hybridized carbons (Fsp3) is 0.400. The smallest absolute Gasteiger partial charge is 0.118 e. The van der Waals surface area contributed by atoms with Gasteiger partial charge in [0.2, 0.25) is 0 Å². The van der Waals surface area contributed by atoms with Crippen LogP contribution in [0.2, 0.25) is 0 Å². The third kappa shape index (κ3) is 2.26. The van der Waals surface area contributed by atoms with E-state index in [1.807, 2.05) is 12.2 Å². The Morgan fingerprint density at radius 1 is 1.45 bits per heavy atom. The quantitative estimate of drug-likeness (QED) is 0.641. The molecule has 0 fully saturated rings. The molecule has 0 saturated heterocycles. The van der Waals surface area contributed by atoms with Crippen LogP contribution in [0.4, 0.5) is 0 Å². The first-order chi connectivity index (χ1) is 5.34. The van der Waals surface area contributed by atoms with E-state index in [2.05, 4.69) is 19.1 Å². The average Bonchev–Trinajstić information content (AvgIpc) is 2.03. The maximum atomic E-state index is 9.34. The van der Waals surface area contributed by atoms with Gasteiger partial charge in [0.25, 0.3) is 0 Å². The highest BCUT2D eigenvalue weighted by Crippen LogP contribution is 2.17. The van der Waals surface area contributed by atoms with E-state index < -0.39 is 0 Å². The first-order valence-electron chi connectivity index (χ1n) is 4.10. The summed E-state index contributed by atoms with van der Waals surface area (Å²) in [7, 11) is 0. The van der Waals surface area contributed by atoms with Gasteiger partial charge in [-0.3, -0.25) is 0 Å². The molecule has 60 valence electrons. The molecule has 0 amide bonds. The second-order valence-corrected chi connectivity index (χ2v) is 2.64. The van der Waals surface area contributed by atoms with E-state index in [9.17, 15) is 5.11 Å². The Balaban J connectivity index is 2.63. The Morgan fingerprint density at radius 2 is 2.18 bits per heavy atom. The molecule has 0 unspecified atom stereocenters. The van der Waals surface area contributed by atoms with Crippen LogP contribution in [-0.4, -0.2) is 5.11 Å². The Morgan fingerprint density at radius 3 is 2.82 bits per heavy atom. The molecule has 1 heteroatoms. The maximum Gasteiger partial charge on any atom is 0.118 e. The highest BCUT2D eigenvalue weighted by molar-refractivity contribution is 5.37. The van der Waals surface area contributed by atoms with E-state index in [0.717, 1.165) is 24.8 Å². The molecule has 0 aromatic carbocycles. The zero-order valence-electron chi connectivity index (χ0n) is 6.88. The number of rotatable bonds is 2. The van der Waals surface area contributed by atoms with Crippen molar-refractivity contribution in [1.29, 1.82) is 0 Å². The maximum absolute atomic E-state index is 9.34. The summed E-state index contributed by atoms with van der Waals surface area (Å²) in [6, 6.07) is 0. The lowest BCUT2D eigenvalue weighted by Gasteiger charge is -2.05. The predicted molar refractivity (Wildman–Crippen MR) is 47.5 cm³/mol. The van der Waals surface area contributed by atoms with Crippen LogP contribution >= 0.6 is 0 Å². The minimum absolute atomic E-state index is 0.431. The standard InChI is InChI=1S/C10H14O/c1-2-3-6-9-7-4-5-8-10(9)11/h3,6-8,11H,2,4-5H2,1H3/b6-3+. The van der Waals surface area contributed by atoms with Gasteiger partial charge in [-0.1, -0.05) is 25.2 Å². The number of aliphatic hydroxyl groups is 1. The molecule has 1 aliphatic carbocycles. The van der Waals surface area contributed by atoms with Gasteiger partial charge >= 0.3 is 0 Å². The van der Waals surface area contributed by atoms with Gasteiger partial charge in [-0.15, -0.1) is 0 Å². The van der Waals surface area contributed by atoms with E-state index in [0.29, 0.717) is 5.76 Å². The Bertz CT molecular complexity index is 209. The largest absolute Gasteiger partial charge is 0.508 e. The highest BCUT2D eigenvalue weighted by Gasteiger charge is 2.01. The van der Waals surface area contributed by atoms with Gasteiger partial charge in [0, 0.05) is 5.57 Å². The van der Waals surface area contributed by atoms with Crippen molar-refractivity contribution >= 4 is 0 Å². The Hall–Kier alpha value is -0.980. The van der Waals surface area contributed by atoms with Gasteiger partial charge in [0.05, 0.1) is 0 Å². The third-order valence-corrected chi connectivity index (χ3v) is 1.70. The fourth-order valence-corrected chi connectivity index (χ4v) is 1.08. The molecule has 0 bridgehead atoms. The van der Waals surface area contributed by atoms with Gasteiger partial charge in [-0.05, 0) is 25.3 Å². The molecule has 0 heterocycles. The number of aliphatic hydroxyl groups excluding tert-OH is 1. The molecule has 1 aliphatic rings. The molecule has 1 N–H and O–H groups in total. The van der Waals surface area contributed by atoms with Gasteiger partial charge in [-0.25, -0.2) is 0 Å². The summed E-state index contributed by atoms with van der Waals surface area (Å²) in [6.45, 7) is 2.08. The minimum Gasteiger partial charge on any atom is -0.508 e. The second-order valence-electron chi connectivity index (χ2n) is 2.64. The van der Waals surface area contributed by atoms with Crippen LogP contribution in [0.3, 0.4) is 0 Å².